The van der Waals surface area contributed by atoms with E-state index < -0.39 is 20.9 Å². The van der Waals surface area contributed by atoms with Crippen LogP contribution in [0.25, 0.3) is 0 Å². The molecule has 0 atom stereocenters. The van der Waals surface area contributed by atoms with Gasteiger partial charge in [0.1, 0.15) is 0 Å². The molecule has 2 aromatic rings. The van der Waals surface area contributed by atoms with Crippen molar-refractivity contribution in [3.05, 3.63) is 47.9 Å². The molecule has 0 aliphatic carbocycles. The van der Waals surface area contributed by atoms with Crippen molar-refractivity contribution < 1.29 is 12.8 Å². The second kappa shape index (κ2) is 4.27. The smallest absolute Gasteiger partial charge is 0.246 e. The van der Waals surface area contributed by atoms with E-state index >= 15 is 0 Å². The quantitative estimate of drug-likeness (QED) is 0.877. The highest BCUT2D eigenvalue weighted by molar-refractivity contribution is 7.89. The molecule has 0 spiro atoms. The lowest BCUT2D eigenvalue weighted by Gasteiger charge is -2.05. The molecule has 5 nitrogen and oxygen atoms in total. The largest absolute Gasteiger partial charge is 0.258 e. The van der Waals surface area contributed by atoms with E-state index in [-0.39, 0.29) is 6.54 Å². The molecule has 2 N–H and O–H groups in total. The first-order valence-electron chi connectivity index (χ1n) is 4.76. The minimum atomic E-state index is -4.12. The highest BCUT2D eigenvalue weighted by atomic mass is 32.2. The van der Waals surface area contributed by atoms with E-state index in [1.807, 2.05) is 6.07 Å². The van der Waals surface area contributed by atoms with Crippen molar-refractivity contribution in [3.8, 4) is 0 Å². The minimum absolute atomic E-state index is 0.149. The van der Waals surface area contributed by atoms with Crippen molar-refractivity contribution in [2.24, 2.45) is 5.14 Å². The van der Waals surface area contributed by atoms with E-state index in [2.05, 4.69) is 5.10 Å². The Morgan fingerprint density at radius 3 is 2.53 bits per heavy atom. The van der Waals surface area contributed by atoms with Crippen molar-refractivity contribution in [2.45, 2.75) is 11.6 Å². The topological polar surface area (TPSA) is 78.0 Å². The number of primary sulfonamides is 1. The van der Waals surface area contributed by atoms with Gasteiger partial charge in [-0.2, -0.15) is 5.10 Å². The zero-order valence-electron chi connectivity index (χ0n) is 8.75. The SMILES string of the molecule is NS(=O)(=O)c1c(F)cnn1Cc1ccccc1. The van der Waals surface area contributed by atoms with Crippen molar-refractivity contribution in [3.63, 3.8) is 0 Å². The van der Waals surface area contributed by atoms with Gasteiger partial charge < -0.3 is 0 Å². The third-order valence-corrected chi connectivity index (χ3v) is 3.14. The molecule has 0 unspecified atom stereocenters. The first-order chi connectivity index (χ1) is 7.98. The van der Waals surface area contributed by atoms with Gasteiger partial charge in [0.15, 0.2) is 5.82 Å². The number of aromatic nitrogens is 2. The van der Waals surface area contributed by atoms with E-state index in [0.717, 1.165) is 16.4 Å². The van der Waals surface area contributed by atoms with Crippen LogP contribution in [0.4, 0.5) is 4.39 Å². The molecule has 7 heteroatoms. The molecule has 0 aliphatic rings. The highest BCUT2D eigenvalue weighted by Gasteiger charge is 2.21. The predicted octanol–water partition coefficient (Wildman–Crippen LogP) is 0.718. The molecule has 0 saturated heterocycles. The first kappa shape index (κ1) is 11.7. The van der Waals surface area contributed by atoms with Crippen LogP contribution in [0.1, 0.15) is 5.56 Å². The molecule has 17 heavy (non-hydrogen) atoms. The lowest BCUT2D eigenvalue weighted by Crippen LogP contribution is -2.19. The average Bonchev–Trinajstić information content (AvgIpc) is 2.60. The van der Waals surface area contributed by atoms with E-state index in [1.54, 1.807) is 24.3 Å². The maximum atomic E-state index is 13.3. The van der Waals surface area contributed by atoms with Crippen LogP contribution in [0.2, 0.25) is 0 Å². The van der Waals surface area contributed by atoms with Gasteiger partial charge in [0, 0.05) is 0 Å². The monoisotopic (exact) mass is 255 g/mol. The Labute approximate surface area is 97.7 Å². The van der Waals surface area contributed by atoms with Gasteiger partial charge in [-0.15, -0.1) is 0 Å². The number of nitrogens with zero attached hydrogens (tertiary/aromatic N) is 2. The third-order valence-electron chi connectivity index (χ3n) is 2.19. The minimum Gasteiger partial charge on any atom is -0.246 e. The van der Waals surface area contributed by atoms with Crippen molar-refractivity contribution >= 4 is 10.0 Å². The van der Waals surface area contributed by atoms with Crippen molar-refractivity contribution in [1.82, 2.24) is 9.78 Å². The lowest BCUT2D eigenvalue weighted by molar-refractivity contribution is 0.527. The fourth-order valence-electron chi connectivity index (χ4n) is 1.50. The molecule has 1 aromatic carbocycles. The van der Waals surface area contributed by atoms with E-state index in [4.69, 9.17) is 5.14 Å². The number of nitrogens with two attached hydrogens (primary N) is 1. The van der Waals surface area contributed by atoms with Crippen LogP contribution in [-0.2, 0) is 16.6 Å². The second-order valence-electron chi connectivity index (χ2n) is 3.49. The molecule has 0 amide bonds. The lowest BCUT2D eigenvalue weighted by atomic mass is 10.2. The third kappa shape index (κ3) is 2.51. The Balaban J connectivity index is 2.42. The zero-order valence-corrected chi connectivity index (χ0v) is 9.56. The van der Waals surface area contributed by atoms with Gasteiger partial charge in [0.25, 0.3) is 10.0 Å². The fraction of sp³-hybridized carbons (Fsp3) is 0.100. The number of hydrogen-bond donors (Lipinski definition) is 1. The molecule has 0 bridgehead atoms. The van der Waals surface area contributed by atoms with Gasteiger partial charge in [-0.1, -0.05) is 30.3 Å². The standard InChI is InChI=1S/C10H10FN3O2S/c11-9-6-13-14(10(9)17(12,15)16)7-8-4-2-1-3-5-8/h1-6H,7H2,(H2,12,15,16). The normalized spacial score (nSPS) is 11.6. The van der Waals surface area contributed by atoms with Crippen LogP contribution in [-0.4, -0.2) is 18.2 Å². The van der Waals surface area contributed by atoms with Gasteiger partial charge in [0.05, 0.1) is 12.7 Å². The zero-order chi connectivity index (χ0) is 12.5. The summed E-state index contributed by atoms with van der Waals surface area (Å²) in [4.78, 5) is 0. The summed E-state index contributed by atoms with van der Waals surface area (Å²) in [6.45, 7) is 0.149. The molecular weight excluding hydrogens is 245 g/mol. The highest BCUT2D eigenvalue weighted by Crippen LogP contribution is 2.13. The summed E-state index contributed by atoms with van der Waals surface area (Å²) in [5.74, 6) is -0.941. The van der Waals surface area contributed by atoms with Crippen LogP contribution in [0.15, 0.2) is 41.6 Å². The summed E-state index contributed by atoms with van der Waals surface area (Å²) < 4.78 is 36.7. The van der Waals surface area contributed by atoms with E-state index in [0.29, 0.717) is 0 Å². The summed E-state index contributed by atoms with van der Waals surface area (Å²) in [5, 5.41) is 7.99. The Morgan fingerprint density at radius 1 is 1.29 bits per heavy atom. The Kier molecular flexibility index (Phi) is 2.95. The molecule has 90 valence electrons. The summed E-state index contributed by atoms with van der Waals surface area (Å²) in [5.41, 5.74) is 0.806. The fourth-order valence-corrected chi connectivity index (χ4v) is 2.23. The van der Waals surface area contributed by atoms with Gasteiger partial charge in [-0.05, 0) is 5.56 Å². The summed E-state index contributed by atoms with van der Waals surface area (Å²) in [6.07, 6.45) is 0.836. The Hall–Kier alpha value is -1.73. The van der Waals surface area contributed by atoms with Gasteiger partial charge in [0.2, 0.25) is 5.03 Å². The molecule has 0 fully saturated rings. The molecule has 1 aromatic heterocycles. The number of benzene rings is 1. The molecule has 0 saturated carbocycles. The number of halogens is 1. The van der Waals surface area contributed by atoms with Crippen LogP contribution in [0, 0.1) is 5.82 Å². The molecular formula is C10H10FN3O2S. The Morgan fingerprint density at radius 2 is 1.94 bits per heavy atom. The number of rotatable bonds is 3. The van der Waals surface area contributed by atoms with Gasteiger partial charge in [-0.3, -0.25) is 0 Å². The van der Waals surface area contributed by atoms with E-state index in [1.165, 1.54) is 0 Å². The van der Waals surface area contributed by atoms with Gasteiger partial charge in [-0.25, -0.2) is 22.6 Å². The average molecular weight is 255 g/mol. The number of sulfonamides is 1. The molecule has 0 radical (unpaired) electrons. The van der Waals surface area contributed by atoms with Crippen LogP contribution >= 0.6 is 0 Å². The van der Waals surface area contributed by atoms with Crippen molar-refractivity contribution in [1.29, 1.82) is 0 Å². The van der Waals surface area contributed by atoms with E-state index in [9.17, 15) is 12.8 Å². The molecule has 1 heterocycles. The van der Waals surface area contributed by atoms with Crippen LogP contribution < -0.4 is 5.14 Å². The van der Waals surface area contributed by atoms with Gasteiger partial charge >= 0.3 is 0 Å². The number of hydrogen-bond acceptors (Lipinski definition) is 3. The van der Waals surface area contributed by atoms with Crippen LogP contribution in [0.3, 0.4) is 0 Å². The predicted molar refractivity (Wildman–Crippen MR) is 59.1 cm³/mol. The summed E-state index contributed by atoms with van der Waals surface area (Å²) in [6, 6.07) is 8.99. The van der Waals surface area contributed by atoms with Crippen LogP contribution in [0.5, 0.6) is 0 Å². The van der Waals surface area contributed by atoms with Crippen molar-refractivity contribution in [2.75, 3.05) is 0 Å². The second-order valence-corrected chi connectivity index (χ2v) is 4.96. The summed E-state index contributed by atoms with van der Waals surface area (Å²) in [7, 11) is -4.12. The molecule has 2 rings (SSSR count). The summed E-state index contributed by atoms with van der Waals surface area (Å²) >= 11 is 0. The molecule has 0 aliphatic heterocycles. The maximum Gasteiger partial charge on any atom is 0.258 e. The Bertz CT molecular complexity index is 622. The maximum absolute atomic E-state index is 13.3. The first-order valence-corrected chi connectivity index (χ1v) is 6.31.